The minimum absolute atomic E-state index is 0.0220. The molecule has 1 fully saturated rings. The molecule has 0 saturated carbocycles. The minimum atomic E-state index is -0.353. The molecule has 1 saturated heterocycles. The molecule has 10 heavy (non-hydrogen) atoms. The molecule has 0 aromatic rings. The van der Waals surface area contributed by atoms with E-state index in [0.717, 1.165) is 0 Å². The number of ether oxygens (including phenoxy) is 2. The zero-order valence-corrected chi connectivity index (χ0v) is 6.41. The van der Waals surface area contributed by atoms with E-state index < -0.39 is 0 Å². The summed E-state index contributed by atoms with van der Waals surface area (Å²) >= 11 is 0. The summed E-state index contributed by atoms with van der Waals surface area (Å²) in [5, 5.41) is 9.33. The van der Waals surface area contributed by atoms with E-state index in [1.807, 2.05) is 6.92 Å². The summed E-state index contributed by atoms with van der Waals surface area (Å²) in [6.45, 7) is 2.55. The molecule has 3 nitrogen and oxygen atoms in total. The second-order valence-corrected chi connectivity index (χ2v) is 2.63. The second-order valence-electron chi connectivity index (χ2n) is 2.63. The van der Waals surface area contributed by atoms with E-state index in [-0.39, 0.29) is 18.3 Å². The van der Waals surface area contributed by atoms with Crippen LogP contribution in [0.2, 0.25) is 0 Å². The highest BCUT2D eigenvalue weighted by Crippen LogP contribution is 2.16. The van der Waals surface area contributed by atoms with Crippen molar-refractivity contribution in [2.24, 2.45) is 0 Å². The number of methoxy groups -OCH3 is 1. The predicted octanol–water partition coefficient (Wildman–Crippen LogP) is 0.171. The molecule has 1 heterocycles. The van der Waals surface area contributed by atoms with Gasteiger partial charge in [0.2, 0.25) is 0 Å². The Morgan fingerprint density at radius 3 is 2.70 bits per heavy atom. The zero-order valence-electron chi connectivity index (χ0n) is 6.41. The summed E-state index contributed by atoms with van der Waals surface area (Å²) in [5.41, 5.74) is 0. The molecular weight excluding hydrogens is 132 g/mol. The normalized spacial score (nSPS) is 41.7. The van der Waals surface area contributed by atoms with Gasteiger partial charge in [0.25, 0.3) is 0 Å². The van der Waals surface area contributed by atoms with Crippen LogP contribution in [0.5, 0.6) is 0 Å². The molecule has 0 amide bonds. The maximum Gasteiger partial charge on any atom is 0.109 e. The van der Waals surface area contributed by atoms with Crippen LogP contribution in [0.25, 0.3) is 0 Å². The number of aliphatic hydroxyl groups excluding tert-OH is 1. The molecule has 0 bridgehead atoms. The third-order valence-corrected chi connectivity index (χ3v) is 1.91. The predicted molar refractivity (Wildman–Crippen MR) is 36.8 cm³/mol. The fraction of sp³-hybridized carbons (Fsp3) is 1.00. The van der Waals surface area contributed by atoms with Crippen LogP contribution >= 0.6 is 0 Å². The average molecular weight is 146 g/mol. The third kappa shape index (κ3) is 1.48. The van der Waals surface area contributed by atoms with Gasteiger partial charge in [0.15, 0.2) is 0 Å². The van der Waals surface area contributed by atoms with Gasteiger partial charge in [-0.05, 0) is 13.3 Å². The van der Waals surface area contributed by atoms with Gasteiger partial charge in [0.05, 0.1) is 12.2 Å². The smallest absolute Gasteiger partial charge is 0.109 e. The van der Waals surface area contributed by atoms with Crippen molar-refractivity contribution in [3.05, 3.63) is 0 Å². The molecule has 1 aliphatic rings. The van der Waals surface area contributed by atoms with Gasteiger partial charge in [-0.1, -0.05) is 0 Å². The van der Waals surface area contributed by atoms with Gasteiger partial charge in [-0.15, -0.1) is 0 Å². The Morgan fingerprint density at radius 2 is 2.30 bits per heavy atom. The summed E-state index contributed by atoms with van der Waals surface area (Å²) in [6.07, 6.45) is 0.208. The first-order chi connectivity index (χ1) is 4.75. The van der Waals surface area contributed by atoms with Crippen LogP contribution in [-0.2, 0) is 9.47 Å². The van der Waals surface area contributed by atoms with Crippen LogP contribution in [0, 0.1) is 0 Å². The largest absolute Gasteiger partial charge is 0.390 e. The van der Waals surface area contributed by atoms with Gasteiger partial charge in [-0.3, -0.25) is 0 Å². The zero-order chi connectivity index (χ0) is 7.56. The van der Waals surface area contributed by atoms with Crippen molar-refractivity contribution in [3.8, 4) is 0 Å². The van der Waals surface area contributed by atoms with Gasteiger partial charge >= 0.3 is 0 Å². The highest BCUT2D eigenvalue weighted by molar-refractivity contribution is 4.78. The summed E-state index contributed by atoms with van der Waals surface area (Å²) in [5.74, 6) is 0. The summed E-state index contributed by atoms with van der Waals surface area (Å²) in [4.78, 5) is 0. The molecule has 0 spiro atoms. The minimum Gasteiger partial charge on any atom is -0.390 e. The average Bonchev–Trinajstić information content (AvgIpc) is 1.88. The number of rotatable bonds is 1. The lowest BCUT2D eigenvalue weighted by atomic mass is 10.0. The summed E-state index contributed by atoms with van der Waals surface area (Å²) < 4.78 is 10.3. The Labute approximate surface area is 60.9 Å². The van der Waals surface area contributed by atoms with E-state index in [2.05, 4.69) is 0 Å². The van der Waals surface area contributed by atoms with Crippen LogP contribution < -0.4 is 0 Å². The van der Waals surface area contributed by atoms with Gasteiger partial charge in [-0.2, -0.15) is 0 Å². The molecular formula is C7H14O3. The maximum absolute atomic E-state index is 9.33. The molecule has 0 radical (unpaired) electrons. The van der Waals surface area contributed by atoms with E-state index in [9.17, 15) is 5.11 Å². The Hall–Kier alpha value is -0.120. The first-order valence-electron chi connectivity index (χ1n) is 3.58. The first-order valence-corrected chi connectivity index (χ1v) is 3.58. The summed E-state index contributed by atoms with van der Waals surface area (Å²) in [6, 6.07) is 0. The van der Waals surface area contributed by atoms with Crippen LogP contribution in [-0.4, -0.2) is 37.1 Å². The lowest BCUT2D eigenvalue weighted by Crippen LogP contribution is -2.44. The van der Waals surface area contributed by atoms with E-state index in [0.29, 0.717) is 13.0 Å². The van der Waals surface area contributed by atoms with Crippen molar-refractivity contribution in [2.45, 2.75) is 31.7 Å². The highest BCUT2D eigenvalue weighted by Gasteiger charge is 2.29. The number of hydrogen-bond acceptors (Lipinski definition) is 3. The molecule has 1 rings (SSSR count). The highest BCUT2D eigenvalue weighted by atomic mass is 16.5. The molecule has 0 aromatic heterocycles. The van der Waals surface area contributed by atoms with Crippen molar-refractivity contribution in [1.82, 2.24) is 0 Å². The second kappa shape index (κ2) is 3.32. The SMILES string of the molecule is CO[C@H]1[C@H](C)OCC[C@@H]1O. The molecule has 60 valence electrons. The fourth-order valence-corrected chi connectivity index (χ4v) is 1.30. The van der Waals surface area contributed by atoms with E-state index in [4.69, 9.17) is 9.47 Å². The van der Waals surface area contributed by atoms with E-state index >= 15 is 0 Å². The lowest BCUT2D eigenvalue weighted by Gasteiger charge is -2.32. The van der Waals surface area contributed by atoms with Crippen LogP contribution in [0.15, 0.2) is 0 Å². The topological polar surface area (TPSA) is 38.7 Å². The Kier molecular flexibility index (Phi) is 2.65. The van der Waals surface area contributed by atoms with Crippen molar-refractivity contribution in [1.29, 1.82) is 0 Å². The summed E-state index contributed by atoms with van der Waals surface area (Å²) in [7, 11) is 1.60. The first kappa shape index (κ1) is 7.98. The third-order valence-electron chi connectivity index (χ3n) is 1.91. The van der Waals surface area contributed by atoms with E-state index in [1.54, 1.807) is 7.11 Å². The van der Waals surface area contributed by atoms with Crippen LogP contribution in [0.4, 0.5) is 0 Å². The van der Waals surface area contributed by atoms with Crippen molar-refractivity contribution >= 4 is 0 Å². The molecule has 3 heteroatoms. The van der Waals surface area contributed by atoms with Crippen molar-refractivity contribution in [2.75, 3.05) is 13.7 Å². The Balaban J connectivity index is 2.45. The Morgan fingerprint density at radius 1 is 1.60 bits per heavy atom. The van der Waals surface area contributed by atoms with Gasteiger partial charge in [0, 0.05) is 13.7 Å². The Bertz CT molecular complexity index is 95.0. The van der Waals surface area contributed by atoms with Gasteiger partial charge < -0.3 is 14.6 Å². The molecule has 0 aromatic carbocycles. The number of aliphatic hydroxyl groups is 1. The standard InChI is InChI=1S/C7H14O3/c1-5-7(9-2)6(8)3-4-10-5/h5-8H,3-4H2,1-2H3/t5-,6-,7-/m0/s1. The van der Waals surface area contributed by atoms with Crippen LogP contribution in [0.1, 0.15) is 13.3 Å². The molecule has 1 N–H and O–H groups in total. The van der Waals surface area contributed by atoms with Crippen LogP contribution in [0.3, 0.4) is 0 Å². The monoisotopic (exact) mass is 146 g/mol. The molecule has 0 aliphatic carbocycles. The molecule has 3 atom stereocenters. The molecule has 0 unspecified atom stereocenters. The van der Waals surface area contributed by atoms with Gasteiger partial charge in [-0.25, -0.2) is 0 Å². The maximum atomic E-state index is 9.33. The van der Waals surface area contributed by atoms with Crippen molar-refractivity contribution < 1.29 is 14.6 Å². The van der Waals surface area contributed by atoms with Crippen molar-refractivity contribution in [3.63, 3.8) is 0 Å². The number of hydrogen-bond donors (Lipinski definition) is 1. The lowest BCUT2D eigenvalue weighted by molar-refractivity contribution is -0.141. The van der Waals surface area contributed by atoms with Gasteiger partial charge in [0.1, 0.15) is 6.10 Å². The fourth-order valence-electron chi connectivity index (χ4n) is 1.30. The quantitative estimate of drug-likeness (QED) is 0.573. The molecule has 1 aliphatic heterocycles. The van der Waals surface area contributed by atoms with E-state index in [1.165, 1.54) is 0 Å².